The average Bonchev–Trinajstić information content (AvgIpc) is 2.47. The Labute approximate surface area is 121 Å². The third-order valence-corrected chi connectivity index (χ3v) is 3.42. The predicted octanol–water partition coefficient (Wildman–Crippen LogP) is 1.28. The number of carbonyl (C=O) groups is 3. The van der Waals surface area contributed by atoms with Crippen LogP contribution in [0.4, 0.5) is 0 Å². The van der Waals surface area contributed by atoms with Gasteiger partial charge in [-0.15, -0.1) is 0 Å². The fourth-order valence-electron chi connectivity index (χ4n) is 2.00. The van der Waals surface area contributed by atoms with Crippen molar-refractivity contribution in [1.29, 1.82) is 0 Å². The Kier molecular flexibility index (Phi) is 3.80. The first kappa shape index (κ1) is 14.8. The molecule has 21 heavy (non-hydrogen) atoms. The maximum absolute atomic E-state index is 12.6. The van der Waals surface area contributed by atoms with Crippen LogP contribution < -0.4 is 0 Å². The number of nitrogens with zero attached hydrogens (tertiary/aromatic N) is 1. The average molecular weight is 289 g/mol. The molecule has 2 rings (SSSR count). The minimum absolute atomic E-state index is 0.0752. The van der Waals surface area contributed by atoms with Crippen LogP contribution in [0, 0.1) is 0 Å². The molecule has 110 valence electrons. The van der Waals surface area contributed by atoms with Crippen molar-refractivity contribution < 1.29 is 24.2 Å². The number of carboxylic acid groups (broad SMARTS) is 1. The minimum atomic E-state index is -1.44. The van der Waals surface area contributed by atoms with Gasteiger partial charge in [0.25, 0.3) is 5.91 Å². The van der Waals surface area contributed by atoms with Gasteiger partial charge >= 0.3 is 5.97 Å². The molecule has 0 unspecified atom stereocenters. The SMILES string of the molecule is CC(C)(C(=O)O)N1COC(C=O)=C(c2ccccc2)C1=O. The molecule has 1 aromatic rings. The lowest BCUT2D eigenvalue weighted by Crippen LogP contribution is -2.55. The van der Waals surface area contributed by atoms with Gasteiger partial charge in [0.1, 0.15) is 5.54 Å². The molecule has 0 aromatic heterocycles. The second kappa shape index (κ2) is 5.40. The standard InChI is InChI=1S/C15H15NO5/c1-15(2,14(19)20)16-9-21-11(8-17)12(13(16)18)10-6-4-3-5-7-10/h3-8H,9H2,1-2H3,(H,19,20). The summed E-state index contributed by atoms with van der Waals surface area (Å²) in [4.78, 5) is 36.1. The first-order chi connectivity index (χ1) is 9.89. The van der Waals surface area contributed by atoms with E-state index in [1.807, 2.05) is 0 Å². The Morgan fingerprint density at radius 1 is 1.33 bits per heavy atom. The normalized spacial score (nSPS) is 15.7. The van der Waals surface area contributed by atoms with Crippen LogP contribution >= 0.6 is 0 Å². The number of hydrogen-bond acceptors (Lipinski definition) is 4. The lowest BCUT2D eigenvalue weighted by molar-refractivity contribution is -0.160. The Bertz CT molecular complexity index is 618. The number of carbonyl (C=O) groups excluding carboxylic acids is 2. The fourth-order valence-corrected chi connectivity index (χ4v) is 2.00. The smallest absolute Gasteiger partial charge is 0.329 e. The largest absolute Gasteiger partial charge is 0.480 e. The van der Waals surface area contributed by atoms with Crippen molar-refractivity contribution in [2.45, 2.75) is 19.4 Å². The van der Waals surface area contributed by atoms with Gasteiger partial charge in [0.05, 0.1) is 5.57 Å². The number of ether oxygens (including phenoxy) is 1. The van der Waals surface area contributed by atoms with Gasteiger partial charge in [0.2, 0.25) is 0 Å². The summed E-state index contributed by atoms with van der Waals surface area (Å²) in [6.45, 7) is 2.54. The second-order valence-corrected chi connectivity index (χ2v) is 5.09. The summed E-state index contributed by atoms with van der Waals surface area (Å²) >= 11 is 0. The van der Waals surface area contributed by atoms with Gasteiger partial charge in [0, 0.05) is 0 Å². The van der Waals surface area contributed by atoms with E-state index in [4.69, 9.17) is 4.74 Å². The van der Waals surface area contributed by atoms with Crippen molar-refractivity contribution in [3.8, 4) is 0 Å². The molecule has 0 saturated heterocycles. The number of rotatable bonds is 4. The molecule has 1 N–H and O–H groups in total. The van der Waals surface area contributed by atoms with Crippen LogP contribution in [0.15, 0.2) is 36.1 Å². The number of amides is 1. The van der Waals surface area contributed by atoms with Crippen LogP contribution in [-0.2, 0) is 19.1 Å². The van der Waals surface area contributed by atoms with Crippen LogP contribution in [0.2, 0.25) is 0 Å². The summed E-state index contributed by atoms with van der Waals surface area (Å²) in [7, 11) is 0. The van der Waals surface area contributed by atoms with Crippen LogP contribution in [0.1, 0.15) is 19.4 Å². The monoisotopic (exact) mass is 289 g/mol. The molecule has 0 spiro atoms. The van der Waals surface area contributed by atoms with Crippen molar-refractivity contribution >= 4 is 23.7 Å². The molecular weight excluding hydrogens is 274 g/mol. The molecule has 1 aliphatic heterocycles. The van der Waals surface area contributed by atoms with E-state index in [2.05, 4.69) is 0 Å². The Morgan fingerprint density at radius 3 is 2.48 bits per heavy atom. The summed E-state index contributed by atoms with van der Waals surface area (Å²) in [6.07, 6.45) is 0.464. The van der Waals surface area contributed by atoms with Gasteiger partial charge in [0.15, 0.2) is 18.8 Å². The third kappa shape index (κ3) is 2.52. The summed E-state index contributed by atoms with van der Waals surface area (Å²) < 4.78 is 5.27. The number of allylic oxidation sites excluding steroid dienone is 1. The van der Waals surface area contributed by atoms with E-state index in [1.165, 1.54) is 13.8 Å². The van der Waals surface area contributed by atoms with Gasteiger partial charge in [-0.1, -0.05) is 30.3 Å². The Balaban J connectivity index is 2.51. The number of carboxylic acids is 1. The number of aliphatic carboxylic acids is 1. The molecule has 1 aromatic carbocycles. The van der Waals surface area contributed by atoms with E-state index < -0.39 is 17.4 Å². The van der Waals surface area contributed by atoms with Gasteiger partial charge < -0.3 is 9.84 Å². The molecule has 0 radical (unpaired) electrons. The predicted molar refractivity (Wildman–Crippen MR) is 73.9 cm³/mol. The van der Waals surface area contributed by atoms with Crippen LogP contribution in [0.3, 0.4) is 0 Å². The van der Waals surface area contributed by atoms with E-state index in [9.17, 15) is 19.5 Å². The first-order valence-corrected chi connectivity index (χ1v) is 6.32. The zero-order chi connectivity index (χ0) is 15.6. The molecule has 1 aliphatic rings. The zero-order valence-electron chi connectivity index (χ0n) is 11.7. The zero-order valence-corrected chi connectivity index (χ0v) is 11.7. The summed E-state index contributed by atoms with van der Waals surface area (Å²) in [5.74, 6) is -1.77. The molecule has 0 saturated carbocycles. The van der Waals surface area contributed by atoms with Crippen molar-refractivity contribution in [2.75, 3.05) is 6.73 Å². The van der Waals surface area contributed by atoms with Gasteiger partial charge in [-0.25, -0.2) is 4.79 Å². The van der Waals surface area contributed by atoms with E-state index in [0.717, 1.165) is 4.90 Å². The van der Waals surface area contributed by atoms with Gasteiger partial charge in [-0.2, -0.15) is 0 Å². The molecule has 0 bridgehead atoms. The van der Waals surface area contributed by atoms with Crippen molar-refractivity contribution in [3.05, 3.63) is 41.7 Å². The third-order valence-electron chi connectivity index (χ3n) is 3.42. The summed E-state index contributed by atoms with van der Waals surface area (Å²) in [5, 5.41) is 9.26. The summed E-state index contributed by atoms with van der Waals surface area (Å²) in [5.41, 5.74) is -0.854. The Hall–Kier alpha value is -2.63. The highest BCUT2D eigenvalue weighted by Gasteiger charge is 2.42. The number of benzene rings is 1. The molecule has 1 heterocycles. The second-order valence-electron chi connectivity index (χ2n) is 5.09. The molecule has 6 nitrogen and oxygen atoms in total. The topological polar surface area (TPSA) is 83.9 Å². The molecule has 1 amide bonds. The molecule has 0 fully saturated rings. The van der Waals surface area contributed by atoms with E-state index in [1.54, 1.807) is 30.3 Å². The highest BCUT2D eigenvalue weighted by molar-refractivity contribution is 6.24. The molecule has 6 heteroatoms. The van der Waals surface area contributed by atoms with E-state index in [-0.39, 0.29) is 18.1 Å². The van der Waals surface area contributed by atoms with Crippen molar-refractivity contribution in [1.82, 2.24) is 4.90 Å². The van der Waals surface area contributed by atoms with Gasteiger partial charge in [-0.3, -0.25) is 14.5 Å². The van der Waals surface area contributed by atoms with Crippen molar-refractivity contribution in [3.63, 3.8) is 0 Å². The lowest BCUT2D eigenvalue weighted by Gasteiger charge is -2.38. The van der Waals surface area contributed by atoms with E-state index in [0.29, 0.717) is 11.8 Å². The van der Waals surface area contributed by atoms with Crippen LogP contribution in [-0.4, -0.2) is 40.4 Å². The van der Waals surface area contributed by atoms with Crippen molar-refractivity contribution in [2.24, 2.45) is 0 Å². The molecule has 0 atom stereocenters. The molecular formula is C15H15NO5. The minimum Gasteiger partial charge on any atom is -0.480 e. The first-order valence-electron chi connectivity index (χ1n) is 6.32. The fraction of sp³-hybridized carbons (Fsp3) is 0.267. The maximum atomic E-state index is 12.6. The quantitative estimate of drug-likeness (QED) is 0.844. The molecule has 0 aliphatic carbocycles. The highest BCUT2D eigenvalue weighted by Crippen LogP contribution is 2.29. The number of aldehydes is 1. The van der Waals surface area contributed by atoms with Crippen LogP contribution in [0.5, 0.6) is 0 Å². The Morgan fingerprint density at radius 2 is 1.95 bits per heavy atom. The lowest BCUT2D eigenvalue weighted by atomic mass is 9.97. The maximum Gasteiger partial charge on any atom is 0.329 e. The highest BCUT2D eigenvalue weighted by atomic mass is 16.5. The van der Waals surface area contributed by atoms with E-state index >= 15 is 0 Å². The van der Waals surface area contributed by atoms with Gasteiger partial charge in [-0.05, 0) is 19.4 Å². The summed E-state index contributed by atoms with van der Waals surface area (Å²) in [6, 6.07) is 8.55. The number of hydrogen-bond donors (Lipinski definition) is 1. The van der Waals surface area contributed by atoms with Crippen LogP contribution in [0.25, 0.3) is 5.57 Å².